The van der Waals surface area contributed by atoms with Crippen LogP contribution in [0.4, 0.5) is 0 Å². The highest BCUT2D eigenvalue weighted by molar-refractivity contribution is 5.94. The summed E-state index contributed by atoms with van der Waals surface area (Å²) in [6, 6.07) is 14.5. The van der Waals surface area contributed by atoms with Gasteiger partial charge in [0.25, 0.3) is 0 Å². The summed E-state index contributed by atoms with van der Waals surface area (Å²) >= 11 is 0. The monoisotopic (exact) mass is 553 g/mol. The lowest BCUT2D eigenvalue weighted by molar-refractivity contribution is -0.142. The van der Waals surface area contributed by atoms with Crippen LogP contribution < -0.4 is 27.4 Å². The summed E-state index contributed by atoms with van der Waals surface area (Å²) in [6.07, 6.45) is 2.16. The lowest BCUT2D eigenvalue weighted by Crippen LogP contribution is -2.58. The average molecular weight is 554 g/mol. The van der Waals surface area contributed by atoms with Crippen LogP contribution in [0.5, 0.6) is 0 Å². The highest BCUT2D eigenvalue weighted by Crippen LogP contribution is 2.10. The number of nitrogens with two attached hydrogens (primary N) is 2. The van der Waals surface area contributed by atoms with Crippen molar-refractivity contribution in [3.63, 3.8) is 0 Å². The lowest BCUT2D eigenvalue weighted by atomic mass is 9.99. The molecule has 8 N–H and O–H groups in total. The molecule has 0 aliphatic heterocycles. The number of carbonyl (C=O) groups excluding carboxylic acids is 3. The van der Waals surface area contributed by atoms with Crippen molar-refractivity contribution in [3.8, 4) is 0 Å². The summed E-state index contributed by atoms with van der Waals surface area (Å²) in [7, 11) is 0. The van der Waals surface area contributed by atoms with Crippen LogP contribution in [-0.2, 0) is 32.0 Å². The van der Waals surface area contributed by atoms with E-state index in [-0.39, 0.29) is 18.8 Å². The molecule has 10 heteroatoms. The van der Waals surface area contributed by atoms with Gasteiger partial charge in [-0.2, -0.15) is 0 Å². The van der Waals surface area contributed by atoms with Crippen LogP contribution in [0.1, 0.15) is 50.7 Å². The van der Waals surface area contributed by atoms with Crippen LogP contribution in [0.3, 0.4) is 0 Å². The third-order valence-corrected chi connectivity index (χ3v) is 6.45. The van der Waals surface area contributed by atoms with Gasteiger partial charge < -0.3 is 32.5 Å². The first kappa shape index (κ1) is 32.5. The van der Waals surface area contributed by atoms with Crippen LogP contribution in [0.15, 0.2) is 60.7 Å². The van der Waals surface area contributed by atoms with Crippen molar-refractivity contribution in [1.82, 2.24) is 16.0 Å². The molecule has 0 saturated heterocycles. The van der Waals surface area contributed by atoms with Crippen molar-refractivity contribution in [3.05, 3.63) is 71.8 Å². The van der Waals surface area contributed by atoms with E-state index in [1.54, 1.807) is 0 Å². The van der Waals surface area contributed by atoms with E-state index >= 15 is 0 Å². The minimum Gasteiger partial charge on any atom is -0.480 e. The second-order valence-corrected chi connectivity index (χ2v) is 10.4. The highest BCUT2D eigenvalue weighted by Gasteiger charge is 2.31. The number of carboxylic acids is 1. The Bertz CT molecular complexity index is 1080. The number of benzene rings is 2. The van der Waals surface area contributed by atoms with Gasteiger partial charge in [-0.25, -0.2) is 4.79 Å². The number of rotatable bonds is 17. The van der Waals surface area contributed by atoms with Crippen LogP contribution in [0.25, 0.3) is 0 Å². The predicted octanol–water partition coefficient (Wildman–Crippen LogP) is 1.51. The molecular weight excluding hydrogens is 510 g/mol. The number of carbonyl (C=O) groups is 4. The molecule has 4 unspecified atom stereocenters. The zero-order valence-electron chi connectivity index (χ0n) is 23.3. The van der Waals surface area contributed by atoms with Gasteiger partial charge >= 0.3 is 5.97 Å². The Labute approximate surface area is 236 Å². The summed E-state index contributed by atoms with van der Waals surface area (Å²) in [6.45, 7) is 4.26. The molecule has 0 spiro atoms. The number of aliphatic carboxylic acids is 1. The standard InChI is InChI=1S/C30H43N5O5/c1-20(2)17-25(34-27(36)23(32)18-21-11-5-3-6-12-21)28(37)35-26(19-22-13-7-4-8-14-22)29(38)33-24(30(39)40)15-9-10-16-31/h3-8,11-14,20,23-26H,9-10,15-19,31-32H2,1-2H3,(H,33,38)(H,34,36)(H,35,37)(H,39,40). The Morgan fingerprint density at radius 3 is 1.75 bits per heavy atom. The number of unbranched alkanes of at least 4 members (excludes halogenated alkanes) is 1. The maximum atomic E-state index is 13.5. The first-order valence-corrected chi connectivity index (χ1v) is 13.8. The summed E-state index contributed by atoms with van der Waals surface area (Å²) < 4.78 is 0. The SMILES string of the molecule is CC(C)CC(NC(=O)C(N)Cc1ccccc1)C(=O)NC(Cc1ccccc1)C(=O)NC(CCCCN)C(=O)O. The average Bonchev–Trinajstić information content (AvgIpc) is 2.92. The van der Waals surface area contributed by atoms with Gasteiger partial charge in [-0.1, -0.05) is 74.5 Å². The Balaban J connectivity index is 2.18. The summed E-state index contributed by atoms with van der Waals surface area (Å²) in [4.78, 5) is 51.5. The van der Waals surface area contributed by atoms with Crippen molar-refractivity contribution >= 4 is 23.7 Å². The Morgan fingerprint density at radius 1 is 0.725 bits per heavy atom. The third kappa shape index (κ3) is 11.5. The van der Waals surface area contributed by atoms with Crippen molar-refractivity contribution < 1.29 is 24.3 Å². The van der Waals surface area contributed by atoms with Gasteiger partial charge in [-0.15, -0.1) is 0 Å². The molecule has 0 heterocycles. The molecule has 3 amide bonds. The van der Waals surface area contributed by atoms with Crippen LogP contribution >= 0.6 is 0 Å². The molecule has 4 atom stereocenters. The van der Waals surface area contributed by atoms with E-state index in [2.05, 4.69) is 16.0 Å². The van der Waals surface area contributed by atoms with Gasteiger partial charge in [-0.05, 0) is 55.7 Å². The van der Waals surface area contributed by atoms with E-state index in [1.165, 1.54) is 0 Å². The van der Waals surface area contributed by atoms with E-state index in [9.17, 15) is 24.3 Å². The molecule has 218 valence electrons. The van der Waals surface area contributed by atoms with E-state index in [4.69, 9.17) is 11.5 Å². The second kappa shape index (κ2) is 17.0. The molecule has 10 nitrogen and oxygen atoms in total. The van der Waals surface area contributed by atoms with Gasteiger partial charge in [0, 0.05) is 6.42 Å². The topological polar surface area (TPSA) is 177 Å². The minimum absolute atomic E-state index is 0.0572. The number of carboxylic acid groups (broad SMARTS) is 1. The minimum atomic E-state index is -1.16. The predicted molar refractivity (Wildman–Crippen MR) is 154 cm³/mol. The van der Waals surface area contributed by atoms with E-state index in [0.717, 1.165) is 11.1 Å². The molecule has 40 heavy (non-hydrogen) atoms. The number of hydrogen-bond donors (Lipinski definition) is 6. The zero-order valence-corrected chi connectivity index (χ0v) is 23.3. The summed E-state index contributed by atoms with van der Waals surface area (Å²) in [5, 5.41) is 17.7. The maximum absolute atomic E-state index is 13.5. The number of hydrogen-bond acceptors (Lipinski definition) is 6. The Kier molecular flexibility index (Phi) is 13.8. The van der Waals surface area contributed by atoms with Crippen LogP contribution in [0, 0.1) is 5.92 Å². The molecule has 2 aromatic rings. The molecule has 2 aromatic carbocycles. The number of amides is 3. The van der Waals surface area contributed by atoms with Gasteiger partial charge in [0.2, 0.25) is 17.7 Å². The molecule has 0 bridgehead atoms. The van der Waals surface area contributed by atoms with Crippen LogP contribution in [0.2, 0.25) is 0 Å². The van der Waals surface area contributed by atoms with Crippen molar-refractivity contribution in [1.29, 1.82) is 0 Å². The second-order valence-electron chi connectivity index (χ2n) is 10.4. The lowest BCUT2D eigenvalue weighted by Gasteiger charge is -2.26. The molecule has 0 aromatic heterocycles. The summed E-state index contributed by atoms with van der Waals surface area (Å²) in [5.74, 6) is -2.73. The smallest absolute Gasteiger partial charge is 0.326 e. The maximum Gasteiger partial charge on any atom is 0.326 e. The largest absolute Gasteiger partial charge is 0.480 e. The fourth-order valence-corrected chi connectivity index (χ4v) is 4.30. The molecule has 0 saturated carbocycles. The molecule has 2 rings (SSSR count). The van der Waals surface area contributed by atoms with E-state index in [1.807, 2.05) is 74.5 Å². The zero-order chi connectivity index (χ0) is 29.5. The number of nitrogens with one attached hydrogen (secondary N) is 3. The fraction of sp³-hybridized carbons (Fsp3) is 0.467. The van der Waals surface area contributed by atoms with Crippen molar-refractivity contribution in [2.24, 2.45) is 17.4 Å². The first-order chi connectivity index (χ1) is 19.1. The van der Waals surface area contributed by atoms with Gasteiger partial charge in [-0.3, -0.25) is 14.4 Å². The Hall–Kier alpha value is -3.76. The fourth-order valence-electron chi connectivity index (χ4n) is 4.30. The molecule has 0 aliphatic carbocycles. The van der Waals surface area contributed by atoms with Gasteiger partial charge in [0.15, 0.2) is 0 Å². The van der Waals surface area contributed by atoms with Gasteiger partial charge in [0.05, 0.1) is 6.04 Å². The summed E-state index contributed by atoms with van der Waals surface area (Å²) in [5.41, 5.74) is 13.3. The molecule has 0 radical (unpaired) electrons. The van der Waals surface area contributed by atoms with Crippen LogP contribution in [-0.4, -0.2) is 59.5 Å². The Morgan fingerprint density at radius 2 is 1.23 bits per heavy atom. The van der Waals surface area contributed by atoms with Gasteiger partial charge in [0.1, 0.15) is 18.1 Å². The van der Waals surface area contributed by atoms with Crippen molar-refractivity contribution in [2.75, 3.05) is 6.54 Å². The quantitative estimate of drug-likeness (QED) is 0.161. The van der Waals surface area contributed by atoms with E-state index < -0.39 is 47.9 Å². The van der Waals surface area contributed by atoms with Crippen molar-refractivity contribution in [2.45, 2.75) is 76.5 Å². The first-order valence-electron chi connectivity index (χ1n) is 13.8. The van der Waals surface area contributed by atoms with E-state index in [0.29, 0.717) is 32.2 Å². The third-order valence-electron chi connectivity index (χ3n) is 6.45. The molecule has 0 fully saturated rings. The molecule has 0 aliphatic rings. The highest BCUT2D eigenvalue weighted by atomic mass is 16.4. The molecular formula is C30H43N5O5. The normalized spacial score (nSPS) is 14.0.